The van der Waals surface area contributed by atoms with Gasteiger partial charge in [-0.1, -0.05) is 59.7 Å². The molecule has 1 amide bonds. The summed E-state index contributed by atoms with van der Waals surface area (Å²) in [5.74, 6) is 0.339. The summed E-state index contributed by atoms with van der Waals surface area (Å²) in [6.45, 7) is 6.61. The van der Waals surface area contributed by atoms with Gasteiger partial charge in [0.25, 0.3) is 5.56 Å². The van der Waals surface area contributed by atoms with E-state index in [1.165, 1.54) is 11.8 Å². The Labute approximate surface area is 176 Å². The van der Waals surface area contributed by atoms with E-state index >= 15 is 0 Å². The minimum atomic E-state index is -0.124. The number of carbonyl (C=O) groups is 1. The molecule has 0 atom stereocenters. The summed E-state index contributed by atoms with van der Waals surface area (Å²) in [4.78, 5) is 30.1. The topological polar surface area (TPSA) is 64.0 Å². The highest BCUT2D eigenvalue weighted by molar-refractivity contribution is 9.10. The number of anilines is 1. The maximum Gasteiger partial charge on any atom is 0.262 e. The fourth-order valence-corrected chi connectivity index (χ4v) is 4.01. The van der Waals surface area contributed by atoms with E-state index in [9.17, 15) is 9.59 Å². The fourth-order valence-electron chi connectivity index (χ4n) is 2.84. The maximum atomic E-state index is 13.0. The van der Waals surface area contributed by atoms with Gasteiger partial charge in [-0.3, -0.25) is 14.2 Å². The molecular formula is C21H22BrN3O2S. The summed E-state index contributed by atoms with van der Waals surface area (Å²) in [5.41, 5.74) is 2.35. The third-order valence-electron chi connectivity index (χ3n) is 4.18. The van der Waals surface area contributed by atoms with Gasteiger partial charge < -0.3 is 5.32 Å². The number of aromatic nitrogens is 2. The van der Waals surface area contributed by atoms with Crippen molar-refractivity contribution in [1.29, 1.82) is 0 Å². The van der Waals surface area contributed by atoms with Crippen LogP contribution >= 0.6 is 27.7 Å². The molecule has 0 saturated carbocycles. The number of hydrogen-bond acceptors (Lipinski definition) is 4. The van der Waals surface area contributed by atoms with Crippen LogP contribution in [-0.2, 0) is 11.3 Å². The molecule has 1 heterocycles. The molecule has 7 heteroatoms. The van der Waals surface area contributed by atoms with Crippen LogP contribution in [0.5, 0.6) is 0 Å². The van der Waals surface area contributed by atoms with Crippen molar-refractivity contribution >= 4 is 50.2 Å². The zero-order valence-electron chi connectivity index (χ0n) is 16.0. The summed E-state index contributed by atoms with van der Waals surface area (Å²) < 4.78 is 2.51. The number of halogens is 1. The van der Waals surface area contributed by atoms with E-state index in [4.69, 9.17) is 0 Å². The maximum absolute atomic E-state index is 13.0. The molecule has 0 spiro atoms. The minimum absolute atomic E-state index is 0.0817. The number of aryl methyl sites for hydroxylation is 1. The van der Waals surface area contributed by atoms with Crippen molar-refractivity contribution in [2.75, 3.05) is 11.1 Å². The quantitative estimate of drug-likeness (QED) is 0.422. The van der Waals surface area contributed by atoms with Gasteiger partial charge in [0.05, 0.1) is 16.7 Å². The number of hydrogen-bond donors (Lipinski definition) is 1. The first-order valence-electron chi connectivity index (χ1n) is 9.03. The van der Waals surface area contributed by atoms with Crippen LogP contribution in [0.4, 0.5) is 5.69 Å². The normalized spacial score (nSPS) is 11.2. The molecule has 0 aliphatic heterocycles. The van der Waals surface area contributed by atoms with Crippen molar-refractivity contribution < 1.29 is 4.79 Å². The van der Waals surface area contributed by atoms with Crippen LogP contribution in [0, 0.1) is 12.8 Å². The summed E-state index contributed by atoms with van der Waals surface area (Å²) in [6.07, 6.45) is 0. The van der Waals surface area contributed by atoms with Crippen molar-refractivity contribution in [3.05, 3.63) is 62.9 Å². The first kappa shape index (κ1) is 20.6. The van der Waals surface area contributed by atoms with E-state index in [1.54, 1.807) is 10.6 Å². The number of amides is 1. The SMILES string of the molecule is Cc1ccccc1NC(=O)CSc1nc2ccc(Br)cc2c(=O)n1CC(C)C. The number of para-hydroxylation sites is 1. The number of benzene rings is 2. The average Bonchev–Trinajstić information content (AvgIpc) is 2.65. The molecule has 0 radical (unpaired) electrons. The molecule has 1 N–H and O–H groups in total. The van der Waals surface area contributed by atoms with Crippen LogP contribution in [0.1, 0.15) is 19.4 Å². The van der Waals surface area contributed by atoms with E-state index in [1.807, 2.05) is 43.3 Å². The Balaban J connectivity index is 1.87. The van der Waals surface area contributed by atoms with Gasteiger partial charge in [0.2, 0.25) is 5.91 Å². The van der Waals surface area contributed by atoms with Crippen LogP contribution in [0.15, 0.2) is 56.9 Å². The lowest BCUT2D eigenvalue weighted by Gasteiger charge is -2.15. The largest absolute Gasteiger partial charge is 0.325 e. The van der Waals surface area contributed by atoms with E-state index in [-0.39, 0.29) is 23.1 Å². The molecule has 0 unspecified atom stereocenters. The monoisotopic (exact) mass is 459 g/mol. The smallest absolute Gasteiger partial charge is 0.262 e. The molecule has 1 aromatic heterocycles. The van der Waals surface area contributed by atoms with Crippen LogP contribution in [-0.4, -0.2) is 21.2 Å². The standard InChI is InChI=1S/C21H22BrN3O2S/c1-13(2)11-25-20(27)16-10-15(22)8-9-18(16)24-21(25)28-12-19(26)23-17-7-5-4-6-14(17)3/h4-10,13H,11-12H2,1-3H3,(H,23,26). The first-order valence-corrected chi connectivity index (χ1v) is 10.8. The molecule has 0 aliphatic carbocycles. The second-order valence-corrected chi connectivity index (χ2v) is 8.88. The Kier molecular flexibility index (Phi) is 6.57. The molecule has 0 fully saturated rings. The minimum Gasteiger partial charge on any atom is -0.325 e. The highest BCUT2D eigenvalue weighted by Crippen LogP contribution is 2.22. The van der Waals surface area contributed by atoms with Gasteiger partial charge in [-0.25, -0.2) is 4.98 Å². The number of nitrogens with zero attached hydrogens (tertiary/aromatic N) is 2. The van der Waals surface area contributed by atoms with Crippen LogP contribution in [0.25, 0.3) is 10.9 Å². The Bertz CT molecular complexity index is 1080. The average molecular weight is 460 g/mol. The Morgan fingerprint density at radius 3 is 2.71 bits per heavy atom. The summed E-state index contributed by atoms with van der Waals surface area (Å²) in [7, 11) is 0. The lowest BCUT2D eigenvalue weighted by atomic mass is 10.2. The fraction of sp³-hybridized carbons (Fsp3) is 0.286. The number of nitrogens with one attached hydrogen (secondary N) is 1. The molecule has 0 bridgehead atoms. The Morgan fingerprint density at radius 1 is 1.25 bits per heavy atom. The van der Waals surface area contributed by atoms with Gasteiger partial charge in [0.15, 0.2) is 5.16 Å². The van der Waals surface area contributed by atoms with Crippen molar-refractivity contribution in [3.63, 3.8) is 0 Å². The van der Waals surface area contributed by atoms with Gasteiger partial charge in [0, 0.05) is 16.7 Å². The van der Waals surface area contributed by atoms with E-state index < -0.39 is 0 Å². The predicted octanol–water partition coefficient (Wildman–Crippen LogP) is 4.85. The molecule has 2 aromatic carbocycles. The highest BCUT2D eigenvalue weighted by atomic mass is 79.9. The number of thioether (sulfide) groups is 1. The highest BCUT2D eigenvalue weighted by Gasteiger charge is 2.15. The van der Waals surface area contributed by atoms with Crippen molar-refractivity contribution in [3.8, 4) is 0 Å². The summed E-state index contributed by atoms with van der Waals surface area (Å²) >= 11 is 4.70. The zero-order valence-corrected chi connectivity index (χ0v) is 18.4. The summed E-state index contributed by atoms with van der Waals surface area (Å²) in [5, 5.41) is 4.06. The molecule has 0 saturated heterocycles. The predicted molar refractivity (Wildman–Crippen MR) is 119 cm³/mol. The second kappa shape index (κ2) is 8.92. The number of fused-ring (bicyclic) bond motifs is 1. The van der Waals surface area contributed by atoms with Gasteiger partial charge in [-0.15, -0.1) is 0 Å². The molecule has 3 aromatic rings. The Hall–Kier alpha value is -2.12. The third-order valence-corrected chi connectivity index (χ3v) is 5.65. The van der Waals surface area contributed by atoms with E-state index in [2.05, 4.69) is 40.1 Å². The number of carbonyl (C=O) groups excluding carboxylic acids is 1. The molecule has 146 valence electrons. The van der Waals surface area contributed by atoms with Gasteiger partial charge >= 0.3 is 0 Å². The zero-order chi connectivity index (χ0) is 20.3. The summed E-state index contributed by atoms with van der Waals surface area (Å²) in [6, 6.07) is 13.1. The Morgan fingerprint density at radius 2 is 2.00 bits per heavy atom. The molecule has 28 heavy (non-hydrogen) atoms. The number of rotatable bonds is 6. The van der Waals surface area contributed by atoms with E-state index in [0.717, 1.165) is 15.7 Å². The third kappa shape index (κ3) is 4.83. The molecule has 0 aliphatic rings. The van der Waals surface area contributed by atoms with Gasteiger partial charge in [-0.2, -0.15) is 0 Å². The van der Waals surface area contributed by atoms with Gasteiger partial charge in [-0.05, 0) is 42.7 Å². The lowest BCUT2D eigenvalue weighted by Crippen LogP contribution is -2.26. The van der Waals surface area contributed by atoms with Crippen molar-refractivity contribution in [1.82, 2.24) is 9.55 Å². The molecule has 5 nitrogen and oxygen atoms in total. The van der Waals surface area contributed by atoms with Crippen LogP contribution < -0.4 is 10.9 Å². The van der Waals surface area contributed by atoms with Crippen molar-refractivity contribution in [2.24, 2.45) is 5.92 Å². The second-order valence-electron chi connectivity index (χ2n) is 7.02. The lowest BCUT2D eigenvalue weighted by molar-refractivity contribution is -0.113. The van der Waals surface area contributed by atoms with Gasteiger partial charge in [0.1, 0.15) is 0 Å². The molecular weight excluding hydrogens is 438 g/mol. The molecule has 3 rings (SSSR count). The van der Waals surface area contributed by atoms with Crippen LogP contribution in [0.3, 0.4) is 0 Å². The van der Waals surface area contributed by atoms with Crippen LogP contribution in [0.2, 0.25) is 0 Å². The first-order chi connectivity index (χ1) is 13.3. The van der Waals surface area contributed by atoms with Crippen molar-refractivity contribution in [2.45, 2.75) is 32.5 Å². The van der Waals surface area contributed by atoms with E-state index in [0.29, 0.717) is 22.6 Å².